The second kappa shape index (κ2) is 6.37. The molecule has 1 aromatic heterocycles. The summed E-state index contributed by atoms with van der Waals surface area (Å²) in [5.74, 6) is -0.831. The summed E-state index contributed by atoms with van der Waals surface area (Å²) >= 11 is 0. The summed E-state index contributed by atoms with van der Waals surface area (Å²) in [6, 6.07) is 11.8. The van der Waals surface area contributed by atoms with E-state index < -0.39 is 17.9 Å². The van der Waals surface area contributed by atoms with E-state index in [1.165, 1.54) is 0 Å². The van der Waals surface area contributed by atoms with Gasteiger partial charge < -0.3 is 28.2 Å². The van der Waals surface area contributed by atoms with Gasteiger partial charge in [0.2, 0.25) is 0 Å². The second-order valence-electron chi connectivity index (χ2n) is 8.44. The minimum atomic E-state index is -0.711. The molecular weight excluding hydrogens is 362 g/mol. The van der Waals surface area contributed by atoms with E-state index in [9.17, 15) is 0 Å². The van der Waals surface area contributed by atoms with Gasteiger partial charge in [-0.1, -0.05) is 35.5 Å². The van der Waals surface area contributed by atoms with Gasteiger partial charge in [0.05, 0.1) is 18.2 Å². The minimum Gasteiger partial charge on any atom is -0.356 e. The average Bonchev–Trinajstić information content (AvgIpc) is 3.37. The van der Waals surface area contributed by atoms with Gasteiger partial charge in [-0.3, -0.25) is 0 Å². The van der Waals surface area contributed by atoms with E-state index in [4.69, 9.17) is 28.2 Å². The molecule has 0 aliphatic carbocycles. The van der Waals surface area contributed by atoms with Crippen LogP contribution in [0, 0.1) is 0 Å². The maximum atomic E-state index is 6.25. The number of ether oxygens (including phenoxy) is 5. The largest absolute Gasteiger partial charge is 0.356 e. The Balaban J connectivity index is 1.47. The van der Waals surface area contributed by atoms with Crippen molar-refractivity contribution in [2.24, 2.45) is 0 Å². The smallest absolute Gasteiger partial charge is 0.188 e. The highest BCUT2D eigenvalue weighted by Crippen LogP contribution is 2.48. The van der Waals surface area contributed by atoms with Crippen molar-refractivity contribution in [1.82, 2.24) is 5.16 Å². The van der Waals surface area contributed by atoms with Crippen LogP contribution in [0.5, 0.6) is 0 Å². The van der Waals surface area contributed by atoms with Crippen molar-refractivity contribution in [1.29, 1.82) is 0 Å². The van der Waals surface area contributed by atoms with Gasteiger partial charge in [-0.05, 0) is 27.7 Å². The molecule has 3 fully saturated rings. The van der Waals surface area contributed by atoms with E-state index >= 15 is 0 Å². The number of aromatic nitrogens is 1. The van der Waals surface area contributed by atoms with Gasteiger partial charge in [-0.25, -0.2) is 0 Å². The van der Waals surface area contributed by atoms with Crippen molar-refractivity contribution in [3.8, 4) is 11.3 Å². The molecule has 4 heterocycles. The molecule has 0 spiro atoms. The van der Waals surface area contributed by atoms with Crippen LogP contribution in [0.15, 0.2) is 40.9 Å². The van der Waals surface area contributed by atoms with Gasteiger partial charge in [-0.2, -0.15) is 0 Å². The van der Waals surface area contributed by atoms with Crippen molar-refractivity contribution in [3.05, 3.63) is 42.1 Å². The highest BCUT2D eigenvalue weighted by Gasteiger charge is 2.59. The number of rotatable bonds is 3. The van der Waals surface area contributed by atoms with E-state index in [0.29, 0.717) is 12.4 Å². The first-order valence-electron chi connectivity index (χ1n) is 9.66. The van der Waals surface area contributed by atoms with Crippen LogP contribution in [-0.2, 0) is 23.7 Å². The van der Waals surface area contributed by atoms with Gasteiger partial charge in [0, 0.05) is 11.6 Å². The van der Waals surface area contributed by atoms with E-state index in [1.54, 1.807) is 0 Å². The Bertz CT molecular complexity index is 848. The number of fused-ring (bicyclic) bond motifs is 1. The number of hydrogen-bond donors (Lipinski definition) is 0. The Labute approximate surface area is 163 Å². The van der Waals surface area contributed by atoms with Crippen molar-refractivity contribution in [2.45, 2.75) is 69.8 Å². The van der Waals surface area contributed by atoms with Crippen LogP contribution >= 0.6 is 0 Å². The molecule has 7 heteroatoms. The Kier molecular flexibility index (Phi) is 4.16. The van der Waals surface area contributed by atoms with Crippen LogP contribution in [-0.4, -0.2) is 47.9 Å². The quantitative estimate of drug-likeness (QED) is 0.799. The fourth-order valence-electron chi connectivity index (χ4n) is 4.25. The van der Waals surface area contributed by atoms with Gasteiger partial charge >= 0.3 is 0 Å². The first-order valence-corrected chi connectivity index (χ1v) is 9.66. The standard InChI is InChI=1S/C21H25NO6/c1-20(2)23-11-15(25-20)17-16(18-19(24-17)27-21(3,4)26-18)13-10-14(28-22-13)12-8-6-5-7-9-12/h5-10,15-19H,11H2,1-4H3/t15-,16-,17-,18-,19-/m1/s1. The normalized spacial score (nSPS) is 35.9. The predicted octanol–water partition coefficient (Wildman–Crippen LogP) is 3.45. The minimum absolute atomic E-state index is 0.185. The molecule has 3 aliphatic heterocycles. The molecule has 0 amide bonds. The summed E-state index contributed by atoms with van der Waals surface area (Å²) in [7, 11) is 0. The molecule has 5 rings (SSSR count). The van der Waals surface area contributed by atoms with Crippen LogP contribution in [0.3, 0.4) is 0 Å². The van der Waals surface area contributed by atoms with Crippen LogP contribution in [0.25, 0.3) is 11.3 Å². The molecule has 5 atom stereocenters. The number of nitrogens with zero attached hydrogens (tertiary/aromatic N) is 1. The summed E-state index contributed by atoms with van der Waals surface area (Å²) in [6.45, 7) is 8.02. The highest BCUT2D eigenvalue weighted by molar-refractivity contribution is 5.57. The Morgan fingerprint density at radius 1 is 0.929 bits per heavy atom. The van der Waals surface area contributed by atoms with Crippen molar-refractivity contribution >= 4 is 0 Å². The van der Waals surface area contributed by atoms with Gasteiger partial charge in [-0.15, -0.1) is 0 Å². The topological polar surface area (TPSA) is 72.2 Å². The summed E-state index contributed by atoms with van der Waals surface area (Å²) in [6.07, 6.45) is -1.31. The van der Waals surface area contributed by atoms with Gasteiger partial charge in [0.15, 0.2) is 23.6 Å². The molecule has 7 nitrogen and oxygen atoms in total. The summed E-state index contributed by atoms with van der Waals surface area (Å²) in [5.41, 5.74) is 1.74. The molecule has 3 saturated heterocycles. The Hall–Kier alpha value is -1.77. The molecule has 0 unspecified atom stereocenters. The second-order valence-corrected chi connectivity index (χ2v) is 8.44. The zero-order valence-corrected chi connectivity index (χ0v) is 16.5. The van der Waals surface area contributed by atoms with E-state index in [2.05, 4.69) is 5.16 Å². The maximum absolute atomic E-state index is 6.25. The van der Waals surface area contributed by atoms with Crippen molar-refractivity contribution in [2.75, 3.05) is 6.61 Å². The fraction of sp³-hybridized carbons (Fsp3) is 0.571. The fourth-order valence-corrected chi connectivity index (χ4v) is 4.25. The molecular formula is C21H25NO6. The number of benzene rings is 1. The third-order valence-electron chi connectivity index (χ3n) is 5.41. The monoisotopic (exact) mass is 387 g/mol. The lowest BCUT2D eigenvalue weighted by Crippen LogP contribution is -2.38. The zero-order chi connectivity index (χ0) is 19.5. The SMILES string of the molecule is CC1(C)O[C@H]2O[C@H]([C@H]3COC(C)(C)O3)[C@@H](c3cc(-c4ccccc4)on3)[C@H]2O1. The molecule has 3 aliphatic rings. The van der Waals surface area contributed by atoms with Crippen molar-refractivity contribution < 1.29 is 28.2 Å². The average molecular weight is 387 g/mol. The molecule has 2 aromatic rings. The molecule has 0 radical (unpaired) electrons. The Morgan fingerprint density at radius 3 is 2.43 bits per heavy atom. The number of hydrogen-bond acceptors (Lipinski definition) is 7. The maximum Gasteiger partial charge on any atom is 0.188 e. The molecule has 0 saturated carbocycles. The summed E-state index contributed by atoms with van der Waals surface area (Å²) < 4.78 is 35.9. The molecule has 150 valence electrons. The summed E-state index contributed by atoms with van der Waals surface area (Å²) in [4.78, 5) is 0. The van der Waals surface area contributed by atoms with Crippen LogP contribution in [0.1, 0.15) is 39.3 Å². The van der Waals surface area contributed by atoms with E-state index in [-0.39, 0.29) is 24.2 Å². The van der Waals surface area contributed by atoms with Crippen LogP contribution < -0.4 is 0 Å². The molecule has 0 bridgehead atoms. The van der Waals surface area contributed by atoms with Gasteiger partial charge in [0.25, 0.3) is 0 Å². The molecule has 0 N–H and O–H groups in total. The lowest BCUT2D eigenvalue weighted by atomic mass is 9.91. The first-order chi connectivity index (χ1) is 13.3. The van der Waals surface area contributed by atoms with Crippen LogP contribution in [0.4, 0.5) is 0 Å². The third kappa shape index (κ3) is 3.17. The molecule has 1 aromatic carbocycles. The lowest BCUT2D eigenvalue weighted by Gasteiger charge is -2.28. The first kappa shape index (κ1) is 18.3. The zero-order valence-electron chi connectivity index (χ0n) is 16.5. The predicted molar refractivity (Wildman–Crippen MR) is 98.3 cm³/mol. The Morgan fingerprint density at radius 2 is 1.71 bits per heavy atom. The van der Waals surface area contributed by atoms with Gasteiger partial charge in [0.1, 0.15) is 18.3 Å². The van der Waals surface area contributed by atoms with Crippen LogP contribution in [0.2, 0.25) is 0 Å². The highest BCUT2D eigenvalue weighted by atomic mass is 16.8. The molecule has 28 heavy (non-hydrogen) atoms. The van der Waals surface area contributed by atoms with Crippen molar-refractivity contribution in [3.63, 3.8) is 0 Å². The lowest BCUT2D eigenvalue weighted by molar-refractivity contribution is -0.223. The van der Waals surface area contributed by atoms with E-state index in [1.807, 2.05) is 64.1 Å². The summed E-state index contributed by atoms with van der Waals surface area (Å²) in [5, 5.41) is 4.35. The van der Waals surface area contributed by atoms with E-state index in [0.717, 1.165) is 11.3 Å². The third-order valence-corrected chi connectivity index (χ3v) is 5.41.